The lowest BCUT2D eigenvalue weighted by atomic mass is 10.2. The molecule has 0 aliphatic rings. The summed E-state index contributed by atoms with van der Waals surface area (Å²) in [7, 11) is 0. The molecular weight excluding hydrogens is 466 g/mol. The molecule has 0 radical (unpaired) electrons. The summed E-state index contributed by atoms with van der Waals surface area (Å²) in [6, 6.07) is 9.38. The van der Waals surface area contributed by atoms with Gasteiger partial charge in [0.25, 0.3) is 5.91 Å². The molecule has 0 spiro atoms. The van der Waals surface area contributed by atoms with E-state index in [0.29, 0.717) is 22.1 Å². The zero-order chi connectivity index (χ0) is 16.4. The van der Waals surface area contributed by atoms with Crippen LogP contribution in [0.25, 0.3) is 0 Å². The average Bonchev–Trinajstić information content (AvgIpc) is 3.09. The van der Waals surface area contributed by atoms with Crippen LogP contribution in [0, 0.1) is 0 Å². The van der Waals surface area contributed by atoms with Gasteiger partial charge in [0.2, 0.25) is 0 Å². The number of carbonyl (C=O) groups excluding carboxylic acids is 1. The maximum atomic E-state index is 12.2. The van der Waals surface area contributed by atoms with Gasteiger partial charge in [0.15, 0.2) is 0 Å². The normalized spacial score (nSPS) is 10.7. The third-order valence-corrected chi connectivity index (χ3v) is 6.67. The van der Waals surface area contributed by atoms with E-state index in [1.165, 1.54) is 11.3 Å². The summed E-state index contributed by atoms with van der Waals surface area (Å²) in [4.78, 5) is 12.8. The molecule has 2 aromatic heterocycles. The first-order chi connectivity index (χ1) is 11.0. The van der Waals surface area contributed by atoms with Gasteiger partial charge < -0.3 is 5.32 Å². The molecule has 0 fully saturated rings. The van der Waals surface area contributed by atoms with Crippen molar-refractivity contribution in [2.75, 3.05) is 5.32 Å². The van der Waals surface area contributed by atoms with E-state index in [4.69, 9.17) is 11.6 Å². The zero-order valence-electron chi connectivity index (χ0n) is 11.6. The van der Waals surface area contributed by atoms with Gasteiger partial charge in [-0.2, -0.15) is 5.10 Å². The van der Waals surface area contributed by atoms with Crippen LogP contribution in [0.4, 0.5) is 5.69 Å². The van der Waals surface area contributed by atoms with Gasteiger partial charge in [-0.05, 0) is 49.6 Å². The number of nitrogens with zero attached hydrogens (tertiary/aromatic N) is 2. The largest absolute Gasteiger partial charge is 0.319 e. The molecule has 3 rings (SSSR count). The van der Waals surface area contributed by atoms with Gasteiger partial charge in [-0.15, -0.1) is 11.3 Å². The third kappa shape index (κ3) is 4.03. The van der Waals surface area contributed by atoms with E-state index >= 15 is 0 Å². The van der Waals surface area contributed by atoms with Gasteiger partial charge in [0.05, 0.1) is 27.1 Å². The van der Waals surface area contributed by atoms with Crippen molar-refractivity contribution in [2.24, 2.45) is 0 Å². The fourth-order valence-electron chi connectivity index (χ4n) is 1.97. The minimum atomic E-state index is -0.168. The highest BCUT2D eigenvalue weighted by Crippen LogP contribution is 2.32. The first kappa shape index (κ1) is 16.7. The summed E-state index contributed by atoms with van der Waals surface area (Å²) >= 11 is 14.3. The highest BCUT2D eigenvalue weighted by molar-refractivity contribution is 9.13. The maximum Gasteiger partial charge on any atom is 0.265 e. The molecule has 0 aliphatic carbocycles. The zero-order valence-corrected chi connectivity index (χ0v) is 16.3. The number of rotatable bonds is 4. The van der Waals surface area contributed by atoms with Gasteiger partial charge in [-0.1, -0.05) is 29.8 Å². The van der Waals surface area contributed by atoms with Crippen molar-refractivity contribution in [3.8, 4) is 0 Å². The van der Waals surface area contributed by atoms with Crippen LogP contribution in [0.15, 0.2) is 51.0 Å². The van der Waals surface area contributed by atoms with Gasteiger partial charge in [-0.3, -0.25) is 9.48 Å². The van der Waals surface area contributed by atoms with Crippen molar-refractivity contribution >= 4 is 66.4 Å². The SMILES string of the molecule is O=C(Nc1cnn(Cc2ccccc2Cl)c1)c1cc(Br)c(Br)s1. The first-order valence-electron chi connectivity index (χ1n) is 6.55. The van der Waals surface area contributed by atoms with Crippen LogP contribution in [0.2, 0.25) is 5.02 Å². The van der Waals surface area contributed by atoms with Crippen molar-refractivity contribution in [3.05, 3.63) is 66.4 Å². The van der Waals surface area contributed by atoms with Gasteiger partial charge in [-0.25, -0.2) is 0 Å². The van der Waals surface area contributed by atoms with Crippen molar-refractivity contribution < 1.29 is 4.79 Å². The summed E-state index contributed by atoms with van der Waals surface area (Å²) in [6.07, 6.45) is 3.39. The number of amides is 1. The minimum absolute atomic E-state index is 0.168. The van der Waals surface area contributed by atoms with Crippen molar-refractivity contribution in [1.82, 2.24) is 9.78 Å². The maximum absolute atomic E-state index is 12.2. The van der Waals surface area contributed by atoms with E-state index in [1.807, 2.05) is 24.3 Å². The number of nitrogens with one attached hydrogen (secondary N) is 1. The number of halogens is 3. The van der Waals surface area contributed by atoms with E-state index in [-0.39, 0.29) is 5.91 Å². The molecule has 0 saturated carbocycles. The van der Waals surface area contributed by atoms with E-state index in [1.54, 1.807) is 23.1 Å². The fraction of sp³-hybridized carbons (Fsp3) is 0.0667. The second-order valence-electron chi connectivity index (χ2n) is 4.70. The van der Waals surface area contributed by atoms with Gasteiger partial charge >= 0.3 is 0 Å². The number of thiophene rings is 1. The number of hydrogen-bond acceptors (Lipinski definition) is 3. The molecule has 0 aliphatic heterocycles. The summed E-state index contributed by atoms with van der Waals surface area (Å²) in [6.45, 7) is 0.547. The Morgan fingerprint density at radius 2 is 2.13 bits per heavy atom. The Hall–Kier alpha value is -1.15. The number of carbonyl (C=O) groups is 1. The number of anilines is 1. The lowest BCUT2D eigenvalue weighted by Crippen LogP contribution is -2.09. The predicted octanol–water partition coefficient (Wildman–Crippen LogP) is 5.42. The predicted molar refractivity (Wildman–Crippen MR) is 100 cm³/mol. The Morgan fingerprint density at radius 3 is 2.83 bits per heavy atom. The lowest BCUT2D eigenvalue weighted by Gasteiger charge is -2.04. The van der Waals surface area contributed by atoms with Crippen molar-refractivity contribution in [3.63, 3.8) is 0 Å². The summed E-state index contributed by atoms with van der Waals surface area (Å²) in [5.41, 5.74) is 1.61. The van der Waals surface area contributed by atoms with Gasteiger partial charge in [0.1, 0.15) is 0 Å². The van der Waals surface area contributed by atoms with Crippen LogP contribution >= 0.6 is 54.8 Å². The Morgan fingerprint density at radius 1 is 1.35 bits per heavy atom. The minimum Gasteiger partial charge on any atom is -0.319 e. The highest BCUT2D eigenvalue weighted by Gasteiger charge is 2.13. The number of hydrogen-bond donors (Lipinski definition) is 1. The van der Waals surface area contributed by atoms with Crippen LogP contribution in [0.5, 0.6) is 0 Å². The molecule has 0 bridgehead atoms. The molecule has 118 valence electrons. The number of aromatic nitrogens is 2. The molecule has 3 aromatic rings. The molecule has 1 amide bonds. The summed E-state index contributed by atoms with van der Waals surface area (Å²) < 4.78 is 3.48. The van der Waals surface area contributed by atoms with Crippen LogP contribution in [0.1, 0.15) is 15.2 Å². The standard InChI is InChI=1S/C15H10Br2ClN3OS/c16-11-5-13(23-14(11)17)15(22)20-10-6-19-21(8-10)7-9-3-1-2-4-12(9)18/h1-6,8H,7H2,(H,20,22). The van der Waals surface area contributed by atoms with Crippen LogP contribution in [0.3, 0.4) is 0 Å². The Bertz CT molecular complexity index is 843. The molecule has 2 heterocycles. The Balaban J connectivity index is 1.70. The second kappa shape index (κ2) is 7.17. The Kier molecular flexibility index (Phi) is 5.21. The van der Waals surface area contributed by atoms with Crippen molar-refractivity contribution in [1.29, 1.82) is 0 Å². The summed E-state index contributed by atoms with van der Waals surface area (Å²) in [5.74, 6) is -0.168. The third-order valence-electron chi connectivity index (χ3n) is 3.05. The lowest BCUT2D eigenvalue weighted by molar-refractivity contribution is 0.103. The number of benzene rings is 1. The topological polar surface area (TPSA) is 46.9 Å². The van der Waals surface area contributed by atoms with Crippen LogP contribution < -0.4 is 5.32 Å². The molecule has 0 unspecified atom stereocenters. The van der Waals surface area contributed by atoms with E-state index in [2.05, 4.69) is 42.3 Å². The molecule has 8 heteroatoms. The first-order valence-corrected chi connectivity index (χ1v) is 9.33. The summed E-state index contributed by atoms with van der Waals surface area (Å²) in [5, 5.41) is 7.78. The Labute approximate surface area is 158 Å². The molecule has 0 atom stereocenters. The van der Waals surface area contributed by atoms with E-state index < -0.39 is 0 Å². The van der Waals surface area contributed by atoms with E-state index in [9.17, 15) is 4.79 Å². The monoisotopic (exact) mass is 473 g/mol. The highest BCUT2D eigenvalue weighted by atomic mass is 79.9. The van der Waals surface area contributed by atoms with Crippen LogP contribution in [-0.4, -0.2) is 15.7 Å². The molecule has 1 N–H and O–H groups in total. The average molecular weight is 476 g/mol. The smallest absolute Gasteiger partial charge is 0.265 e. The van der Waals surface area contributed by atoms with Crippen molar-refractivity contribution in [2.45, 2.75) is 6.54 Å². The molecule has 0 saturated heterocycles. The second-order valence-corrected chi connectivity index (χ2v) is 8.34. The van der Waals surface area contributed by atoms with E-state index in [0.717, 1.165) is 13.8 Å². The van der Waals surface area contributed by atoms with Crippen LogP contribution in [-0.2, 0) is 6.54 Å². The quantitative estimate of drug-likeness (QED) is 0.548. The molecule has 4 nitrogen and oxygen atoms in total. The molecule has 1 aromatic carbocycles. The molecule has 23 heavy (non-hydrogen) atoms. The van der Waals surface area contributed by atoms with Gasteiger partial charge in [0, 0.05) is 15.7 Å². The fourth-order valence-corrected chi connectivity index (χ4v) is 4.09. The molecular formula is C15H10Br2ClN3OS.